The van der Waals surface area contributed by atoms with Gasteiger partial charge in [-0.05, 0) is 114 Å². The van der Waals surface area contributed by atoms with Gasteiger partial charge in [-0.25, -0.2) is 0 Å². The molecule has 0 unspecified atom stereocenters. The second-order valence-corrected chi connectivity index (χ2v) is 14.2. The van der Waals surface area contributed by atoms with Gasteiger partial charge in [-0.1, -0.05) is 36.4 Å². The van der Waals surface area contributed by atoms with Crippen LogP contribution in [0.25, 0.3) is 0 Å². The van der Waals surface area contributed by atoms with Crippen LogP contribution >= 0.6 is 7.26 Å². The molecular weight excluding hydrogens is 447 g/mol. The maximum atomic E-state index is 6.14. The minimum absolute atomic E-state index is 0.241. The van der Waals surface area contributed by atoms with Crippen LogP contribution in [0.5, 0.6) is 11.5 Å². The smallest absolute Gasteiger partial charge is 0.144 e. The fraction of sp³-hybridized carbons (Fsp3) is 0.250. The van der Waals surface area contributed by atoms with Crippen molar-refractivity contribution < 1.29 is 9.47 Å². The van der Waals surface area contributed by atoms with Gasteiger partial charge in [0, 0.05) is 0 Å². The SMILES string of the molecule is CC(C)(C)Oc1ccc([P+](c2ccccc2)(c2ccccc2)c2ccc(OC(C)(C)C)cc2)cc1. The Bertz CT molecular complexity index is 1120. The summed E-state index contributed by atoms with van der Waals surface area (Å²) in [4.78, 5) is 0. The van der Waals surface area contributed by atoms with E-state index in [0.29, 0.717) is 0 Å². The lowest BCUT2D eigenvalue weighted by molar-refractivity contribution is 0.130. The predicted molar refractivity (Wildman–Crippen MR) is 152 cm³/mol. The number of benzene rings is 4. The first kappa shape index (κ1) is 25.0. The van der Waals surface area contributed by atoms with E-state index in [4.69, 9.17) is 9.47 Å². The van der Waals surface area contributed by atoms with Crippen LogP contribution in [-0.4, -0.2) is 11.2 Å². The molecule has 0 saturated heterocycles. The van der Waals surface area contributed by atoms with Crippen LogP contribution in [0.15, 0.2) is 109 Å². The number of hydrogen-bond acceptors (Lipinski definition) is 2. The molecule has 35 heavy (non-hydrogen) atoms. The Morgan fingerprint density at radius 2 is 0.686 bits per heavy atom. The normalized spacial score (nSPS) is 12.3. The molecule has 0 radical (unpaired) electrons. The van der Waals surface area contributed by atoms with Crippen LogP contribution in [-0.2, 0) is 0 Å². The molecule has 0 heterocycles. The van der Waals surface area contributed by atoms with E-state index in [0.717, 1.165) is 11.5 Å². The first-order chi connectivity index (χ1) is 16.6. The van der Waals surface area contributed by atoms with Gasteiger partial charge in [-0.3, -0.25) is 0 Å². The molecule has 2 nitrogen and oxygen atoms in total. The van der Waals surface area contributed by atoms with Crippen molar-refractivity contribution >= 4 is 28.5 Å². The first-order valence-electron chi connectivity index (χ1n) is 12.2. The molecular formula is C32H36O2P+. The molecule has 3 heteroatoms. The van der Waals surface area contributed by atoms with Gasteiger partial charge in [-0.2, -0.15) is 0 Å². The first-order valence-corrected chi connectivity index (χ1v) is 14.0. The highest BCUT2D eigenvalue weighted by molar-refractivity contribution is 8.01. The van der Waals surface area contributed by atoms with E-state index in [-0.39, 0.29) is 11.2 Å². The topological polar surface area (TPSA) is 18.5 Å². The van der Waals surface area contributed by atoms with E-state index in [1.54, 1.807) is 0 Å². The molecule has 0 spiro atoms. The monoisotopic (exact) mass is 483 g/mol. The molecule has 4 aromatic carbocycles. The number of hydrogen-bond donors (Lipinski definition) is 0. The van der Waals surface area contributed by atoms with Crippen molar-refractivity contribution in [1.82, 2.24) is 0 Å². The zero-order chi connectivity index (χ0) is 25.1. The Kier molecular flexibility index (Phi) is 7.06. The summed E-state index contributed by atoms with van der Waals surface area (Å²) < 4.78 is 12.3. The summed E-state index contributed by atoms with van der Waals surface area (Å²) in [6.45, 7) is 12.5. The molecule has 180 valence electrons. The molecule has 0 aliphatic heterocycles. The highest BCUT2D eigenvalue weighted by Gasteiger charge is 2.47. The van der Waals surface area contributed by atoms with E-state index >= 15 is 0 Å². The summed E-state index contributed by atoms with van der Waals surface area (Å²) in [5.41, 5.74) is -0.481. The van der Waals surface area contributed by atoms with Crippen LogP contribution in [0.3, 0.4) is 0 Å². The summed E-state index contributed by atoms with van der Waals surface area (Å²) in [6.07, 6.45) is 0. The van der Waals surface area contributed by atoms with E-state index in [2.05, 4.69) is 151 Å². The van der Waals surface area contributed by atoms with Crippen molar-refractivity contribution in [3.05, 3.63) is 109 Å². The molecule has 0 saturated carbocycles. The van der Waals surface area contributed by atoms with Crippen LogP contribution in [0.4, 0.5) is 0 Å². The van der Waals surface area contributed by atoms with Crippen molar-refractivity contribution in [1.29, 1.82) is 0 Å². The molecule has 0 aliphatic carbocycles. The molecule has 4 aromatic rings. The van der Waals surface area contributed by atoms with Crippen LogP contribution < -0.4 is 30.7 Å². The minimum Gasteiger partial charge on any atom is -0.488 e. The van der Waals surface area contributed by atoms with Crippen LogP contribution in [0.1, 0.15) is 41.5 Å². The molecule has 4 rings (SSSR count). The highest BCUT2D eigenvalue weighted by atomic mass is 31.2. The van der Waals surface area contributed by atoms with E-state index < -0.39 is 7.26 Å². The van der Waals surface area contributed by atoms with Gasteiger partial charge in [-0.15, -0.1) is 0 Å². The van der Waals surface area contributed by atoms with Crippen molar-refractivity contribution in [2.24, 2.45) is 0 Å². The van der Waals surface area contributed by atoms with Gasteiger partial charge in [0.2, 0.25) is 0 Å². The Morgan fingerprint density at radius 3 is 0.971 bits per heavy atom. The summed E-state index contributed by atoms with van der Waals surface area (Å²) in [6, 6.07) is 39.2. The second kappa shape index (κ2) is 9.88. The maximum Gasteiger partial charge on any atom is 0.144 e. The Morgan fingerprint density at radius 1 is 0.400 bits per heavy atom. The van der Waals surface area contributed by atoms with Gasteiger partial charge in [0.05, 0.1) is 0 Å². The second-order valence-electron chi connectivity index (χ2n) is 10.8. The standard InChI is InChI=1S/C32H36O2P/c1-31(2,3)33-25-17-21-29(22-18-25)35(27-13-9-7-10-14-27,28-15-11-8-12-16-28)30-23-19-26(20-24-30)34-32(4,5)6/h7-24H,1-6H3/q+1. The lowest BCUT2D eigenvalue weighted by Crippen LogP contribution is -2.38. The fourth-order valence-electron chi connectivity index (χ4n) is 4.38. The lowest BCUT2D eigenvalue weighted by atomic mass is 10.2. The fourth-order valence-corrected chi connectivity index (χ4v) is 8.60. The summed E-state index contributed by atoms with van der Waals surface area (Å²) in [5.74, 6) is 1.77. The molecule has 0 bridgehead atoms. The predicted octanol–water partition coefficient (Wildman–Crippen LogP) is 6.66. The third kappa shape index (κ3) is 5.77. The highest BCUT2D eigenvalue weighted by Crippen LogP contribution is 2.54. The Balaban J connectivity index is 1.94. The van der Waals surface area contributed by atoms with Crippen molar-refractivity contribution in [3.8, 4) is 11.5 Å². The molecule has 0 N–H and O–H groups in total. The molecule has 0 aliphatic rings. The van der Waals surface area contributed by atoms with Gasteiger partial charge < -0.3 is 9.47 Å². The van der Waals surface area contributed by atoms with Gasteiger partial charge >= 0.3 is 0 Å². The summed E-state index contributed by atoms with van der Waals surface area (Å²) >= 11 is 0. The zero-order valence-corrected chi connectivity index (χ0v) is 22.6. The average molecular weight is 484 g/mol. The number of ether oxygens (including phenoxy) is 2. The lowest BCUT2D eigenvalue weighted by Gasteiger charge is -2.28. The number of rotatable bonds is 6. The van der Waals surface area contributed by atoms with Gasteiger partial charge in [0.15, 0.2) is 0 Å². The third-order valence-corrected chi connectivity index (χ3v) is 9.87. The van der Waals surface area contributed by atoms with Crippen molar-refractivity contribution in [2.75, 3.05) is 0 Å². The zero-order valence-electron chi connectivity index (χ0n) is 21.7. The van der Waals surface area contributed by atoms with E-state index in [1.165, 1.54) is 21.2 Å². The van der Waals surface area contributed by atoms with Gasteiger partial charge in [0.1, 0.15) is 51.2 Å². The average Bonchev–Trinajstić information content (AvgIpc) is 2.81. The Hall–Kier alpha value is -3.09. The van der Waals surface area contributed by atoms with Crippen molar-refractivity contribution in [2.45, 2.75) is 52.7 Å². The minimum atomic E-state index is -2.16. The maximum absolute atomic E-state index is 6.14. The van der Waals surface area contributed by atoms with E-state index in [9.17, 15) is 0 Å². The summed E-state index contributed by atoms with van der Waals surface area (Å²) in [7, 11) is -2.16. The van der Waals surface area contributed by atoms with Crippen molar-refractivity contribution in [3.63, 3.8) is 0 Å². The molecule has 0 fully saturated rings. The van der Waals surface area contributed by atoms with E-state index in [1.807, 2.05) is 0 Å². The Labute approximate surface area is 211 Å². The summed E-state index contributed by atoms with van der Waals surface area (Å²) in [5, 5.41) is 5.22. The quantitative estimate of drug-likeness (QED) is 0.286. The largest absolute Gasteiger partial charge is 0.488 e. The molecule has 0 amide bonds. The van der Waals surface area contributed by atoms with Gasteiger partial charge in [0.25, 0.3) is 0 Å². The molecule has 0 aromatic heterocycles. The third-order valence-electron chi connectivity index (χ3n) is 5.58. The molecule has 0 atom stereocenters. The van der Waals surface area contributed by atoms with Crippen LogP contribution in [0, 0.1) is 0 Å². The van der Waals surface area contributed by atoms with Crippen LogP contribution in [0.2, 0.25) is 0 Å².